The van der Waals surface area contributed by atoms with Crippen molar-refractivity contribution in [2.45, 2.75) is 6.42 Å². The third-order valence-corrected chi connectivity index (χ3v) is 3.39. The Hall–Kier alpha value is -0.390. The molecule has 4 nitrogen and oxygen atoms in total. The van der Waals surface area contributed by atoms with Crippen molar-refractivity contribution in [3.63, 3.8) is 0 Å². The molecule has 0 N–H and O–H groups in total. The second-order valence-electron chi connectivity index (χ2n) is 2.81. The van der Waals surface area contributed by atoms with Gasteiger partial charge in [-0.15, -0.1) is 0 Å². The monoisotopic (exact) mass is 207 g/mol. The first kappa shape index (κ1) is 12.6. The van der Waals surface area contributed by atoms with Gasteiger partial charge < -0.3 is 4.74 Å². The van der Waals surface area contributed by atoms with Gasteiger partial charge in [0, 0.05) is 21.2 Å². The quantitative estimate of drug-likeness (QED) is 0.595. The highest BCUT2D eigenvalue weighted by atomic mass is 32.2. The summed E-state index contributed by atoms with van der Waals surface area (Å²) in [5.74, 6) is 0.153. The first-order chi connectivity index (χ1) is 6.00. The number of methoxy groups -OCH3 is 1. The molecule has 0 fully saturated rings. The Bertz CT molecular complexity index is 244. The van der Waals surface area contributed by atoms with E-state index in [1.807, 2.05) is 12.2 Å². The van der Waals surface area contributed by atoms with E-state index in [2.05, 4.69) is 0 Å². The van der Waals surface area contributed by atoms with Gasteiger partial charge in [0.05, 0.1) is 12.4 Å². The van der Waals surface area contributed by atoms with Crippen molar-refractivity contribution < 1.29 is 13.2 Å². The highest BCUT2D eigenvalue weighted by molar-refractivity contribution is 7.89. The van der Waals surface area contributed by atoms with E-state index in [0.717, 1.165) is 0 Å². The Morgan fingerprint density at radius 3 is 2.38 bits per heavy atom. The highest BCUT2D eigenvalue weighted by Gasteiger charge is 2.10. The van der Waals surface area contributed by atoms with Crippen molar-refractivity contribution in [2.75, 3.05) is 33.6 Å². The molecule has 0 aromatic rings. The number of hydrogen-bond acceptors (Lipinski definition) is 3. The molecule has 0 heterocycles. The number of hydrogen-bond donors (Lipinski definition) is 0. The smallest absolute Gasteiger partial charge is 0.213 e. The summed E-state index contributed by atoms with van der Waals surface area (Å²) in [6, 6.07) is 0. The zero-order valence-electron chi connectivity index (χ0n) is 8.36. The van der Waals surface area contributed by atoms with Crippen LogP contribution in [0.1, 0.15) is 6.42 Å². The molecular formula is C8H17NO3S. The molecule has 0 spiro atoms. The summed E-state index contributed by atoms with van der Waals surface area (Å²) in [6.45, 7) is 0.530. The van der Waals surface area contributed by atoms with E-state index in [0.29, 0.717) is 13.0 Å². The van der Waals surface area contributed by atoms with Gasteiger partial charge in [-0.3, -0.25) is 0 Å². The first-order valence-corrected chi connectivity index (χ1v) is 5.65. The largest absolute Gasteiger partial charge is 0.381 e. The van der Waals surface area contributed by atoms with Crippen LogP contribution in [0.5, 0.6) is 0 Å². The standard InChI is InChI=1S/C8H17NO3S/c1-9(2)13(10,11)8-6-4-5-7-12-3/h4-5H,6-8H2,1-3H3/b5-4-. The number of allylic oxidation sites excluding steroid dienone is 1. The molecule has 0 aliphatic heterocycles. The highest BCUT2D eigenvalue weighted by Crippen LogP contribution is 1.97. The molecule has 0 radical (unpaired) electrons. The summed E-state index contributed by atoms with van der Waals surface area (Å²) in [5, 5.41) is 0. The molecule has 78 valence electrons. The van der Waals surface area contributed by atoms with Crippen molar-refractivity contribution in [3.05, 3.63) is 12.2 Å². The van der Waals surface area contributed by atoms with Gasteiger partial charge in [0.25, 0.3) is 0 Å². The number of sulfonamides is 1. The van der Waals surface area contributed by atoms with Crippen molar-refractivity contribution in [1.82, 2.24) is 4.31 Å². The molecule has 0 atom stereocenters. The zero-order chi connectivity index (χ0) is 10.3. The van der Waals surface area contributed by atoms with Crippen LogP contribution in [0.25, 0.3) is 0 Å². The maximum absolute atomic E-state index is 11.2. The summed E-state index contributed by atoms with van der Waals surface area (Å²) >= 11 is 0. The second kappa shape index (κ2) is 6.12. The van der Waals surface area contributed by atoms with Crippen LogP contribution in [-0.2, 0) is 14.8 Å². The minimum atomic E-state index is -3.04. The van der Waals surface area contributed by atoms with Gasteiger partial charge in [0.2, 0.25) is 10.0 Å². The summed E-state index contributed by atoms with van der Waals surface area (Å²) in [5.41, 5.74) is 0. The normalized spacial score (nSPS) is 12.9. The minimum absolute atomic E-state index is 0.153. The lowest BCUT2D eigenvalue weighted by Crippen LogP contribution is -2.24. The molecule has 5 heteroatoms. The van der Waals surface area contributed by atoms with Gasteiger partial charge >= 0.3 is 0 Å². The molecule has 0 aliphatic rings. The molecule has 0 rings (SSSR count). The molecule has 0 unspecified atom stereocenters. The van der Waals surface area contributed by atoms with Crippen LogP contribution in [0.3, 0.4) is 0 Å². The second-order valence-corrected chi connectivity index (χ2v) is 5.12. The Morgan fingerprint density at radius 2 is 1.92 bits per heavy atom. The molecule has 0 aromatic heterocycles. The number of rotatable bonds is 6. The van der Waals surface area contributed by atoms with E-state index < -0.39 is 10.0 Å². The van der Waals surface area contributed by atoms with E-state index >= 15 is 0 Å². The van der Waals surface area contributed by atoms with Crippen molar-refractivity contribution in [3.8, 4) is 0 Å². The predicted octanol–water partition coefficient (Wildman–Crippen LogP) is 0.471. The Balaban J connectivity index is 3.77. The van der Waals surface area contributed by atoms with Crippen LogP contribution in [0, 0.1) is 0 Å². The minimum Gasteiger partial charge on any atom is -0.381 e. The van der Waals surface area contributed by atoms with Crippen LogP contribution in [0.4, 0.5) is 0 Å². The predicted molar refractivity (Wildman–Crippen MR) is 53.1 cm³/mol. The average molecular weight is 207 g/mol. The Morgan fingerprint density at radius 1 is 1.31 bits per heavy atom. The molecule has 0 saturated carbocycles. The molecule has 0 aromatic carbocycles. The van der Waals surface area contributed by atoms with Gasteiger partial charge in [0.1, 0.15) is 0 Å². The van der Waals surface area contributed by atoms with Crippen molar-refractivity contribution in [1.29, 1.82) is 0 Å². The van der Waals surface area contributed by atoms with Crippen LogP contribution >= 0.6 is 0 Å². The summed E-state index contributed by atoms with van der Waals surface area (Å²) in [4.78, 5) is 0. The van der Waals surface area contributed by atoms with Crippen LogP contribution in [0.15, 0.2) is 12.2 Å². The van der Waals surface area contributed by atoms with E-state index in [1.54, 1.807) is 7.11 Å². The van der Waals surface area contributed by atoms with Gasteiger partial charge in [-0.1, -0.05) is 12.2 Å². The maximum Gasteiger partial charge on any atom is 0.213 e. The molecule has 0 aliphatic carbocycles. The lowest BCUT2D eigenvalue weighted by atomic mass is 10.4. The molecule has 13 heavy (non-hydrogen) atoms. The topological polar surface area (TPSA) is 46.6 Å². The van der Waals surface area contributed by atoms with Crippen molar-refractivity contribution >= 4 is 10.0 Å². The van der Waals surface area contributed by atoms with Gasteiger partial charge in [0.15, 0.2) is 0 Å². The number of ether oxygens (including phenoxy) is 1. The molecule has 0 saturated heterocycles. The van der Waals surface area contributed by atoms with Gasteiger partial charge in [-0.05, 0) is 6.42 Å². The fraction of sp³-hybridized carbons (Fsp3) is 0.750. The van der Waals surface area contributed by atoms with E-state index in [9.17, 15) is 8.42 Å². The van der Waals surface area contributed by atoms with Crippen LogP contribution < -0.4 is 0 Å². The summed E-state index contributed by atoms with van der Waals surface area (Å²) in [7, 11) is 1.63. The third kappa shape index (κ3) is 5.79. The lowest BCUT2D eigenvalue weighted by molar-refractivity contribution is 0.233. The third-order valence-electron chi connectivity index (χ3n) is 1.53. The van der Waals surface area contributed by atoms with Gasteiger partial charge in [-0.2, -0.15) is 0 Å². The van der Waals surface area contributed by atoms with Gasteiger partial charge in [-0.25, -0.2) is 12.7 Å². The Labute approximate surface area is 80.2 Å². The van der Waals surface area contributed by atoms with E-state index in [1.165, 1.54) is 18.4 Å². The summed E-state index contributed by atoms with van der Waals surface area (Å²) < 4.78 is 28.5. The maximum atomic E-state index is 11.2. The first-order valence-electron chi connectivity index (χ1n) is 4.05. The van der Waals surface area contributed by atoms with Crippen LogP contribution in [0.2, 0.25) is 0 Å². The number of nitrogens with zero attached hydrogens (tertiary/aromatic N) is 1. The Kier molecular flexibility index (Phi) is 5.94. The molecular weight excluding hydrogens is 190 g/mol. The fourth-order valence-electron chi connectivity index (χ4n) is 0.682. The molecule has 0 amide bonds. The van der Waals surface area contributed by atoms with Crippen molar-refractivity contribution in [2.24, 2.45) is 0 Å². The lowest BCUT2D eigenvalue weighted by Gasteiger charge is -2.09. The fourth-order valence-corrected chi connectivity index (χ4v) is 1.48. The summed E-state index contributed by atoms with van der Waals surface area (Å²) in [6.07, 6.45) is 4.15. The zero-order valence-corrected chi connectivity index (χ0v) is 9.17. The van der Waals surface area contributed by atoms with E-state index in [-0.39, 0.29) is 5.75 Å². The average Bonchev–Trinajstić information content (AvgIpc) is 2.03. The molecule has 0 bridgehead atoms. The van der Waals surface area contributed by atoms with E-state index in [4.69, 9.17) is 4.74 Å². The van der Waals surface area contributed by atoms with Crippen LogP contribution in [-0.4, -0.2) is 46.3 Å². The SMILES string of the molecule is COC/C=C\CCS(=O)(=O)N(C)C.